The lowest BCUT2D eigenvalue weighted by Gasteiger charge is -2.28. The van der Waals surface area contributed by atoms with Crippen LogP contribution in [0.4, 0.5) is 11.4 Å². The Hall–Kier alpha value is -3.34. The Labute approximate surface area is 190 Å². The largest absolute Gasteiger partial charge is 0.493 e. The molecular formula is C27H30N2O3. The highest BCUT2D eigenvalue weighted by molar-refractivity contribution is 5.90. The third-order valence-corrected chi connectivity index (χ3v) is 6.35. The van der Waals surface area contributed by atoms with Gasteiger partial charge in [0.05, 0.1) is 19.3 Å². The molecule has 0 N–H and O–H groups in total. The lowest BCUT2D eigenvalue weighted by atomic mass is 9.87. The van der Waals surface area contributed by atoms with E-state index < -0.39 is 0 Å². The van der Waals surface area contributed by atoms with Gasteiger partial charge in [-0.25, -0.2) is 4.79 Å². The number of carbonyl (C=O) groups is 1. The highest BCUT2D eigenvalue weighted by Crippen LogP contribution is 2.39. The molecule has 2 heterocycles. The quantitative estimate of drug-likeness (QED) is 0.450. The van der Waals surface area contributed by atoms with Gasteiger partial charge in [-0.2, -0.15) is 0 Å². The molecule has 0 aliphatic carbocycles. The van der Waals surface area contributed by atoms with E-state index >= 15 is 0 Å². The molecule has 1 aliphatic rings. The fraction of sp³-hybridized carbons (Fsp3) is 0.333. The van der Waals surface area contributed by atoms with Crippen LogP contribution < -0.4 is 9.64 Å². The van der Waals surface area contributed by atoms with Crippen molar-refractivity contribution in [2.75, 3.05) is 25.7 Å². The third kappa shape index (κ3) is 4.62. The van der Waals surface area contributed by atoms with Crippen molar-refractivity contribution in [3.8, 4) is 5.75 Å². The number of aryl methyl sites for hydroxylation is 2. The minimum atomic E-state index is -0.311. The van der Waals surface area contributed by atoms with Crippen molar-refractivity contribution in [2.45, 2.75) is 38.5 Å². The second-order valence-electron chi connectivity index (χ2n) is 8.20. The molecular weight excluding hydrogens is 400 g/mol. The average Bonchev–Trinajstić information content (AvgIpc) is 2.86. The van der Waals surface area contributed by atoms with Gasteiger partial charge >= 0.3 is 5.97 Å². The number of hydrogen-bond donors (Lipinski definition) is 0. The van der Waals surface area contributed by atoms with Gasteiger partial charge in [0.1, 0.15) is 5.75 Å². The minimum Gasteiger partial charge on any atom is -0.493 e. The number of anilines is 2. The summed E-state index contributed by atoms with van der Waals surface area (Å²) in [4.78, 5) is 18.5. The van der Waals surface area contributed by atoms with E-state index in [0.29, 0.717) is 18.1 Å². The summed E-state index contributed by atoms with van der Waals surface area (Å²) >= 11 is 0. The van der Waals surface area contributed by atoms with Gasteiger partial charge in [0.25, 0.3) is 0 Å². The number of rotatable bonds is 7. The van der Waals surface area contributed by atoms with E-state index in [1.54, 1.807) is 18.5 Å². The van der Waals surface area contributed by atoms with Crippen LogP contribution in [0.15, 0.2) is 60.9 Å². The van der Waals surface area contributed by atoms with Gasteiger partial charge in [0.2, 0.25) is 0 Å². The number of benzene rings is 2. The number of carbonyl (C=O) groups excluding carboxylic acids is 1. The van der Waals surface area contributed by atoms with Crippen molar-refractivity contribution >= 4 is 17.3 Å². The molecule has 1 atom stereocenters. The zero-order chi connectivity index (χ0) is 22.5. The van der Waals surface area contributed by atoms with E-state index in [2.05, 4.69) is 66.3 Å². The molecule has 0 amide bonds. The highest BCUT2D eigenvalue weighted by atomic mass is 16.5. The number of hydrogen-bond acceptors (Lipinski definition) is 5. The Morgan fingerprint density at radius 1 is 1.16 bits per heavy atom. The Morgan fingerprint density at radius 2 is 1.94 bits per heavy atom. The van der Waals surface area contributed by atoms with Crippen LogP contribution in [0.2, 0.25) is 0 Å². The van der Waals surface area contributed by atoms with Gasteiger partial charge in [-0.15, -0.1) is 0 Å². The Morgan fingerprint density at radius 3 is 2.69 bits per heavy atom. The topological polar surface area (TPSA) is 51.7 Å². The summed E-state index contributed by atoms with van der Waals surface area (Å²) in [5.74, 6) is 1.03. The van der Waals surface area contributed by atoms with Gasteiger partial charge in [0, 0.05) is 36.9 Å². The van der Waals surface area contributed by atoms with Crippen molar-refractivity contribution in [3.05, 3.63) is 83.2 Å². The number of esters is 1. The van der Waals surface area contributed by atoms with E-state index in [4.69, 9.17) is 9.47 Å². The predicted octanol–water partition coefficient (Wildman–Crippen LogP) is 5.70. The standard InChI is InChI=1S/C27H30N2O3/c1-4-19-5-9-22(10-6-19)29(2)23-11-12-24-20(14-16-32-26(24)17-23)7-8-21-18-28-15-13-25(21)27(30)31-3/h5-6,9-13,15,17-18,20H,4,7-8,14,16H2,1-3H3/t20-/m1/s1. The molecule has 1 aromatic heterocycles. The summed E-state index contributed by atoms with van der Waals surface area (Å²) in [5, 5.41) is 0. The van der Waals surface area contributed by atoms with E-state index in [9.17, 15) is 4.79 Å². The van der Waals surface area contributed by atoms with E-state index in [0.717, 1.165) is 48.4 Å². The third-order valence-electron chi connectivity index (χ3n) is 6.35. The summed E-state index contributed by atoms with van der Waals surface area (Å²) in [6, 6.07) is 16.9. The van der Waals surface area contributed by atoms with Gasteiger partial charge < -0.3 is 14.4 Å². The van der Waals surface area contributed by atoms with Crippen molar-refractivity contribution in [1.82, 2.24) is 4.98 Å². The van der Waals surface area contributed by atoms with Crippen molar-refractivity contribution in [2.24, 2.45) is 0 Å². The fourth-order valence-electron chi connectivity index (χ4n) is 4.33. The van der Waals surface area contributed by atoms with Crippen molar-refractivity contribution in [3.63, 3.8) is 0 Å². The molecule has 3 aromatic rings. The first-order valence-corrected chi connectivity index (χ1v) is 11.2. The molecule has 0 spiro atoms. The predicted molar refractivity (Wildman–Crippen MR) is 127 cm³/mol. The zero-order valence-electron chi connectivity index (χ0n) is 19.0. The SMILES string of the molecule is CCc1ccc(N(C)c2ccc3c(c2)OCC[C@H]3CCc2cnccc2C(=O)OC)cc1. The summed E-state index contributed by atoms with van der Waals surface area (Å²) in [5.41, 5.74) is 6.36. The fourth-order valence-corrected chi connectivity index (χ4v) is 4.33. The molecule has 0 radical (unpaired) electrons. The summed E-state index contributed by atoms with van der Waals surface area (Å²) in [6.07, 6.45) is 7.11. The Bertz CT molecular complexity index is 1080. The second-order valence-corrected chi connectivity index (χ2v) is 8.20. The molecule has 0 saturated heterocycles. The second kappa shape index (κ2) is 9.86. The van der Waals surface area contributed by atoms with Crippen molar-refractivity contribution < 1.29 is 14.3 Å². The van der Waals surface area contributed by atoms with Gasteiger partial charge in [-0.1, -0.05) is 25.1 Å². The Balaban J connectivity index is 1.50. The molecule has 166 valence electrons. The van der Waals surface area contributed by atoms with E-state index in [1.165, 1.54) is 18.2 Å². The van der Waals surface area contributed by atoms with Crippen LogP contribution in [-0.2, 0) is 17.6 Å². The molecule has 0 fully saturated rings. The van der Waals surface area contributed by atoms with Gasteiger partial charge in [-0.05, 0) is 72.6 Å². The van der Waals surface area contributed by atoms with Gasteiger partial charge in [0.15, 0.2) is 0 Å². The smallest absolute Gasteiger partial charge is 0.338 e. The zero-order valence-corrected chi connectivity index (χ0v) is 19.0. The number of ether oxygens (including phenoxy) is 2. The van der Waals surface area contributed by atoms with Crippen LogP contribution in [0.25, 0.3) is 0 Å². The van der Waals surface area contributed by atoms with E-state index in [1.807, 2.05) is 0 Å². The molecule has 4 rings (SSSR count). The molecule has 0 bridgehead atoms. The van der Waals surface area contributed by atoms with Crippen LogP contribution in [0.3, 0.4) is 0 Å². The Kier molecular flexibility index (Phi) is 6.74. The molecule has 32 heavy (non-hydrogen) atoms. The molecule has 0 saturated carbocycles. The molecule has 2 aromatic carbocycles. The maximum Gasteiger partial charge on any atom is 0.338 e. The van der Waals surface area contributed by atoms with Gasteiger partial charge in [-0.3, -0.25) is 4.98 Å². The van der Waals surface area contributed by atoms with Crippen LogP contribution >= 0.6 is 0 Å². The maximum absolute atomic E-state index is 12.1. The van der Waals surface area contributed by atoms with Crippen LogP contribution in [0.5, 0.6) is 5.75 Å². The minimum absolute atomic E-state index is 0.311. The molecule has 5 heteroatoms. The monoisotopic (exact) mass is 430 g/mol. The molecule has 5 nitrogen and oxygen atoms in total. The number of methoxy groups -OCH3 is 1. The maximum atomic E-state index is 12.1. The van der Waals surface area contributed by atoms with Crippen molar-refractivity contribution in [1.29, 1.82) is 0 Å². The summed E-state index contributed by atoms with van der Waals surface area (Å²) in [7, 11) is 3.49. The first-order valence-electron chi connectivity index (χ1n) is 11.2. The number of aromatic nitrogens is 1. The number of nitrogens with zero attached hydrogens (tertiary/aromatic N) is 2. The van der Waals surface area contributed by atoms with Crippen LogP contribution in [0.1, 0.15) is 52.7 Å². The normalized spacial score (nSPS) is 14.9. The lowest BCUT2D eigenvalue weighted by molar-refractivity contribution is 0.0599. The summed E-state index contributed by atoms with van der Waals surface area (Å²) in [6.45, 7) is 2.87. The first kappa shape index (κ1) is 21.9. The summed E-state index contributed by atoms with van der Waals surface area (Å²) < 4.78 is 11.0. The lowest BCUT2D eigenvalue weighted by Crippen LogP contribution is -2.17. The number of fused-ring (bicyclic) bond motifs is 1. The van der Waals surface area contributed by atoms with Crippen LogP contribution in [-0.4, -0.2) is 31.7 Å². The van der Waals surface area contributed by atoms with Crippen LogP contribution in [0, 0.1) is 0 Å². The average molecular weight is 431 g/mol. The molecule has 1 aliphatic heterocycles. The molecule has 0 unspecified atom stereocenters. The highest BCUT2D eigenvalue weighted by Gasteiger charge is 2.23. The number of pyridine rings is 1. The first-order chi connectivity index (χ1) is 15.6. The van der Waals surface area contributed by atoms with E-state index in [-0.39, 0.29) is 5.97 Å².